The zero-order valence-corrected chi connectivity index (χ0v) is 14.4. The fourth-order valence-electron chi connectivity index (χ4n) is 2.50. The third-order valence-corrected chi connectivity index (χ3v) is 5.21. The summed E-state index contributed by atoms with van der Waals surface area (Å²) in [4.78, 5) is 14.6. The minimum absolute atomic E-state index is 0.0964. The topological polar surface area (TPSA) is 58.4 Å². The maximum Gasteiger partial charge on any atom is 0.241 e. The molecule has 3 N–H and O–H groups in total. The minimum atomic E-state index is -0.451. The van der Waals surface area contributed by atoms with Gasteiger partial charge in [-0.15, -0.1) is 0 Å². The second-order valence-electron chi connectivity index (χ2n) is 5.99. The van der Waals surface area contributed by atoms with Gasteiger partial charge in [-0.3, -0.25) is 9.69 Å². The van der Waals surface area contributed by atoms with Gasteiger partial charge < -0.3 is 11.1 Å². The van der Waals surface area contributed by atoms with Gasteiger partial charge in [0.2, 0.25) is 5.91 Å². The zero-order valence-electron chi connectivity index (χ0n) is 13.5. The van der Waals surface area contributed by atoms with Crippen LogP contribution in [0.3, 0.4) is 0 Å². The average molecular weight is 321 g/mol. The lowest BCUT2D eigenvalue weighted by molar-refractivity contribution is -0.118. The van der Waals surface area contributed by atoms with Crippen molar-refractivity contribution in [2.24, 2.45) is 11.7 Å². The van der Waals surface area contributed by atoms with Gasteiger partial charge >= 0.3 is 0 Å². The van der Waals surface area contributed by atoms with Crippen molar-refractivity contribution in [1.29, 1.82) is 0 Å². The van der Waals surface area contributed by atoms with Crippen LogP contribution in [-0.4, -0.2) is 41.4 Å². The van der Waals surface area contributed by atoms with Gasteiger partial charge in [0.25, 0.3) is 0 Å². The number of carbonyl (C=O) groups is 1. The van der Waals surface area contributed by atoms with Gasteiger partial charge in [-0.05, 0) is 23.6 Å². The molecule has 4 nitrogen and oxygen atoms in total. The molecule has 1 aromatic carbocycles. The van der Waals surface area contributed by atoms with E-state index in [0.717, 1.165) is 31.7 Å². The largest absolute Gasteiger partial charge is 0.325 e. The van der Waals surface area contributed by atoms with Crippen LogP contribution < -0.4 is 11.1 Å². The Balaban J connectivity index is 1.94. The lowest BCUT2D eigenvalue weighted by Gasteiger charge is -2.26. The Labute approximate surface area is 137 Å². The highest BCUT2D eigenvalue weighted by molar-refractivity contribution is 7.99. The molecular weight excluding hydrogens is 294 g/mol. The number of nitrogens with zero attached hydrogens (tertiary/aromatic N) is 1. The summed E-state index contributed by atoms with van der Waals surface area (Å²) in [6.07, 6.45) is 0.904. The first kappa shape index (κ1) is 17.3. The number of carbonyl (C=O) groups excluding carboxylic acids is 1. The molecule has 2 rings (SSSR count). The Bertz CT molecular complexity index is 489. The molecule has 1 aliphatic heterocycles. The fourth-order valence-corrected chi connectivity index (χ4v) is 3.48. The van der Waals surface area contributed by atoms with E-state index in [1.807, 2.05) is 30.8 Å². The molecule has 0 spiro atoms. The molecule has 0 bridgehead atoms. The van der Waals surface area contributed by atoms with E-state index >= 15 is 0 Å². The van der Waals surface area contributed by atoms with Gasteiger partial charge in [-0.1, -0.05) is 32.4 Å². The monoisotopic (exact) mass is 321 g/mol. The highest BCUT2D eigenvalue weighted by Gasteiger charge is 2.19. The second kappa shape index (κ2) is 8.56. The van der Waals surface area contributed by atoms with Gasteiger partial charge in [0, 0.05) is 36.8 Å². The third kappa shape index (κ3) is 5.00. The molecule has 0 aliphatic carbocycles. The summed E-state index contributed by atoms with van der Waals surface area (Å²) >= 11 is 2.02. The van der Waals surface area contributed by atoms with E-state index in [0.29, 0.717) is 0 Å². The number of thioether (sulfide) groups is 1. The minimum Gasteiger partial charge on any atom is -0.325 e. The lowest BCUT2D eigenvalue weighted by atomic mass is 9.99. The molecule has 22 heavy (non-hydrogen) atoms. The van der Waals surface area contributed by atoms with E-state index in [9.17, 15) is 4.79 Å². The average Bonchev–Trinajstić information content (AvgIpc) is 2.54. The zero-order chi connectivity index (χ0) is 15.9. The van der Waals surface area contributed by atoms with Crippen LogP contribution in [-0.2, 0) is 11.3 Å². The SMILES string of the molecule is CCC(C)C(N)C(=O)Nc1cccc(CN2CCSCC2)c1. The summed E-state index contributed by atoms with van der Waals surface area (Å²) in [5.41, 5.74) is 8.06. The smallest absolute Gasteiger partial charge is 0.241 e. The van der Waals surface area contributed by atoms with E-state index < -0.39 is 6.04 Å². The fraction of sp³-hybridized carbons (Fsp3) is 0.588. The molecule has 5 heteroatoms. The number of hydrogen-bond donors (Lipinski definition) is 2. The van der Waals surface area contributed by atoms with Crippen molar-refractivity contribution >= 4 is 23.4 Å². The number of rotatable bonds is 6. The quantitative estimate of drug-likeness (QED) is 0.845. The van der Waals surface area contributed by atoms with Crippen LogP contribution in [0.4, 0.5) is 5.69 Å². The molecular formula is C17H27N3OS. The molecule has 1 fully saturated rings. The Morgan fingerprint density at radius 3 is 2.82 bits per heavy atom. The Kier molecular flexibility index (Phi) is 6.73. The number of hydrogen-bond acceptors (Lipinski definition) is 4. The first-order valence-electron chi connectivity index (χ1n) is 8.05. The first-order chi connectivity index (χ1) is 10.6. The number of anilines is 1. The van der Waals surface area contributed by atoms with Gasteiger partial charge in [0.1, 0.15) is 0 Å². The van der Waals surface area contributed by atoms with Crippen LogP contribution in [0.2, 0.25) is 0 Å². The van der Waals surface area contributed by atoms with Gasteiger partial charge in [-0.2, -0.15) is 11.8 Å². The van der Waals surface area contributed by atoms with Crippen LogP contribution >= 0.6 is 11.8 Å². The number of nitrogens with one attached hydrogen (secondary N) is 1. The highest BCUT2D eigenvalue weighted by atomic mass is 32.2. The van der Waals surface area contributed by atoms with E-state index in [-0.39, 0.29) is 11.8 Å². The number of benzene rings is 1. The summed E-state index contributed by atoms with van der Waals surface area (Å²) in [5, 5.41) is 2.95. The van der Waals surface area contributed by atoms with Crippen molar-refractivity contribution in [3.63, 3.8) is 0 Å². The van der Waals surface area contributed by atoms with Crippen molar-refractivity contribution < 1.29 is 4.79 Å². The Hall–Kier alpha value is -1.04. The molecule has 0 saturated carbocycles. The molecule has 122 valence electrons. The first-order valence-corrected chi connectivity index (χ1v) is 9.21. The molecule has 1 heterocycles. The van der Waals surface area contributed by atoms with Crippen LogP contribution in [0.25, 0.3) is 0 Å². The van der Waals surface area contributed by atoms with Gasteiger partial charge in [-0.25, -0.2) is 0 Å². The van der Waals surface area contributed by atoms with Crippen molar-refractivity contribution in [2.45, 2.75) is 32.9 Å². The van der Waals surface area contributed by atoms with E-state index in [4.69, 9.17) is 5.73 Å². The Morgan fingerprint density at radius 1 is 1.41 bits per heavy atom. The second-order valence-corrected chi connectivity index (χ2v) is 7.21. The van der Waals surface area contributed by atoms with Crippen LogP contribution in [0.15, 0.2) is 24.3 Å². The molecule has 1 saturated heterocycles. The highest BCUT2D eigenvalue weighted by Crippen LogP contribution is 2.17. The maximum atomic E-state index is 12.2. The van der Waals surface area contributed by atoms with Crippen LogP contribution in [0, 0.1) is 5.92 Å². The summed E-state index contributed by atoms with van der Waals surface area (Å²) in [7, 11) is 0. The third-order valence-electron chi connectivity index (χ3n) is 4.26. The molecule has 2 unspecified atom stereocenters. The molecule has 0 aromatic heterocycles. The van der Waals surface area contributed by atoms with Crippen molar-refractivity contribution in [1.82, 2.24) is 4.90 Å². The summed E-state index contributed by atoms with van der Waals surface area (Å²) in [6.45, 7) is 7.28. The summed E-state index contributed by atoms with van der Waals surface area (Å²) < 4.78 is 0. The maximum absolute atomic E-state index is 12.2. The predicted molar refractivity (Wildman–Crippen MR) is 95.1 cm³/mol. The Morgan fingerprint density at radius 2 is 2.14 bits per heavy atom. The lowest BCUT2D eigenvalue weighted by Crippen LogP contribution is -2.40. The molecule has 1 amide bonds. The van der Waals surface area contributed by atoms with E-state index in [2.05, 4.69) is 29.3 Å². The predicted octanol–water partition coefficient (Wildman–Crippen LogP) is 2.55. The van der Waals surface area contributed by atoms with Crippen LogP contribution in [0.5, 0.6) is 0 Å². The van der Waals surface area contributed by atoms with Crippen LogP contribution in [0.1, 0.15) is 25.8 Å². The van der Waals surface area contributed by atoms with E-state index in [1.54, 1.807) is 0 Å². The number of nitrogens with two attached hydrogens (primary N) is 1. The normalized spacial score (nSPS) is 18.7. The van der Waals surface area contributed by atoms with Gasteiger partial charge in [0.15, 0.2) is 0 Å². The molecule has 1 aromatic rings. The van der Waals surface area contributed by atoms with Crippen molar-refractivity contribution in [3.8, 4) is 0 Å². The molecule has 1 aliphatic rings. The van der Waals surface area contributed by atoms with Crippen molar-refractivity contribution in [2.75, 3.05) is 29.9 Å². The van der Waals surface area contributed by atoms with E-state index in [1.165, 1.54) is 17.1 Å². The number of amides is 1. The summed E-state index contributed by atoms with van der Waals surface area (Å²) in [6, 6.07) is 7.65. The molecule has 0 radical (unpaired) electrons. The summed E-state index contributed by atoms with van der Waals surface area (Å²) in [5.74, 6) is 2.51. The van der Waals surface area contributed by atoms with Crippen molar-refractivity contribution in [3.05, 3.63) is 29.8 Å². The standard InChI is InChI=1S/C17H27N3OS/c1-3-13(2)16(18)17(21)19-15-6-4-5-14(11-15)12-20-7-9-22-10-8-20/h4-6,11,13,16H,3,7-10,12,18H2,1-2H3,(H,19,21). The molecule has 2 atom stereocenters. The van der Waals surface area contributed by atoms with Gasteiger partial charge in [0.05, 0.1) is 6.04 Å².